The molecule has 0 saturated heterocycles. The molecular formula is C12H22O2. The molecule has 0 bridgehead atoms. The fourth-order valence-corrected chi connectivity index (χ4v) is 2.71. The smallest absolute Gasteiger partial charge is 0.0936 e. The largest absolute Gasteiger partial charge is 0.390 e. The Bertz CT molecular complexity index is 181. The highest BCUT2D eigenvalue weighted by atomic mass is 16.5. The maximum absolute atomic E-state index is 10.2. The van der Waals surface area contributed by atoms with Gasteiger partial charge in [-0.3, -0.25) is 0 Å². The summed E-state index contributed by atoms with van der Waals surface area (Å²) in [6.45, 7) is 0. The van der Waals surface area contributed by atoms with Gasteiger partial charge >= 0.3 is 0 Å². The molecule has 2 heteroatoms. The van der Waals surface area contributed by atoms with E-state index in [1.165, 1.54) is 32.1 Å². The SMILES string of the molecule is COC1(C(O)CC2CC2)CCCCC1. The molecule has 2 fully saturated rings. The molecule has 1 unspecified atom stereocenters. The highest BCUT2D eigenvalue weighted by Gasteiger charge is 2.41. The summed E-state index contributed by atoms with van der Waals surface area (Å²) in [6.07, 6.45) is 9.23. The van der Waals surface area contributed by atoms with Crippen LogP contribution in [0.25, 0.3) is 0 Å². The summed E-state index contributed by atoms with van der Waals surface area (Å²) in [7, 11) is 1.77. The molecule has 0 heterocycles. The van der Waals surface area contributed by atoms with Crippen molar-refractivity contribution in [2.45, 2.75) is 63.1 Å². The van der Waals surface area contributed by atoms with E-state index in [9.17, 15) is 5.11 Å². The van der Waals surface area contributed by atoms with Gasteiger partial charge in [-0.2, -0.15) is 0 Å². The molecule has 2 nitrogen and oxygen atoms in total. The fraction of sp³-hybridized carbons (Fsp3) is 1.00. The first-order valence-corrected chi connectivity index (χ1v) is 6.00. The van der Waals surface area contributed by atoms with Crippen molar-refractivity contribution in [1.82, 2.24) is 0 Å². The van der Waals surface area contributed by atoms with Crippen LogP contribution >= 0.6 is 0 Å². The lowest BCUT2D eigenvalue weighted by Gasteiger charge is -2.40. The second kappa shape index (κ2) is 4.19. The van der Waals surface area contributed by atoms with Crippen LogP contribution in [0.15, 0.2) is 0 Å². The second-order valence-electron chi connectivity index (χ2n) is 5.02. The molecule has 82 valence electrons. The quantitative estimate of drug-likeness (QED) is 0.752. The predicted molar refractivity (Wildman–Crippen MR) is 56.2 cm³/mol. The third-order valence-electron chi connectivity index (χ3n) is 3.97. The molecule has 1 atom stereocenters. The van der Waals surface area contributed by atoms with Gasteiger partial charge in [0.15, 0.2) is 0 Å². The van der Waals surface area contributed by atoms with Crippen molar-refractivity contribution in [2.24, 2.45) is 5.92 Å². The molecule has 1 N–H and O–H groups in total. The average molecular weight is 198 g/mol. The Labute approximate surface area is 86.6 Å². The van der Waals surface area contributed by atoms with Gasteiger partial charge in [-0.25, -0.2) is 0 Å². The van der Waals surface area contributed by atoms with Crippen molar-refractivity contribution >= 4 is 0 Å². The summed E-state index contributed by atoms with van der Waals surface area (Å²) in [5.41, 5.74) is -0.194. The lowest BCUT2D eigenvalue weighted by molar-refractivity contribution is -0.126. The number of hydrogen-bond donors (Lipinski definition) is 1. The van der Waals surface area contributed by atoms with E-state index >= 15 is 0 Å². The van der Waals surface area contributed by atoms with Gasteiger partial charge < -0.3 is 9.84 Å². The van der Waals surface area contributed by atoms with Gasteiger partial charge in [0.1, 0.15) is 0 Å². The number of hydrogen-bond acceptors (Lipinski definition) is 2. The van der Waals surface area contributed by atoms with Gasteiger partial charge in [0.05, 0.1) is 11.7 Å². The maximum Gasteiger partial charge on any atom is 0.0936 e. The first-order chi connectivity index (χ1) is 6.77. The van der Waals surface area contributed by atoms with Crippen LogP contribution in [0.2, 0.25) is 0 Å². The van der Waals surface area contributed by atoms with E-state index in [2.05, 4.69) is 0 Å². The summed E-state index contributed by atoms with van der Waals surface area (Å²) >= 11 is 0. The average Bonchev–Trinajstić information content (AvgIpc) is 3.02. The zero-order valence-corrected chi connectivity index (χ0v) is 9.17. The normalized spacial score (nSPS) is 28.7. The van der Waals surface area contributed by atoms with E-state index in [4.69, 9.17) is 4.74 Å². The van der Waals surface area contributed by atoms with Gasteiger partial charge in [-0.15, -0.1) is 0 Å². The molecule has 2 aliphatic rings. The number of aliphatic hydroxyl groups excluding tert-OH is 1. The van der Waals surface area contributed by atoms with Crippen LogP contribution in [0.5, 0.6) is 0 Å². The second-order valence-corrected chi connectivity index (χ2v) is 5.02. The summed E-state index contributed by atoms with van der Waals surface area (Å²) in [5.74, 6) is 0.791. The topological polar surface area (TPSA) is 29.5 Å². The summed E-state index contributed by atoms with van der Waals surface area (Å²) in [5, 5.41) is 10.2. The number of aliphatic hydroxyl groups is 1. The standard InChI is InChI=1S/C12H22O2/c1-14-12(7-3-2-4-8-12)11(13)9-10-5-6-10/h10-11,13H,2-9H2,1H3. The van der Waals surface area contributed by atoms with Crippen LogP contribution in [0.3, 0.4) is 0 Å². The van der Waals surface area contributed by atoms with Crippen LogP contribution in [0.4, 0.5) is 0 Å². The Morgan fingerprint density at radius 2 is 1.93 bits per heavy atom. The lowest BCUT2D eigenvalue weighted by atomic mass is 9.79. The Kier molecular flexibility index (Phi) is 3.13. The monoisotopic (exact) mass is 198 g/mol. The Hall–Kier alpha value is -0.0800. The summed E-state index contributed by atoms with van der Waals surface area (Å²) in [4.78, 5) is 0. The van der Waals surface area contributed by atoms with Gasteiger partial charge in [0, 0.05) is 7.11 Å². The maximum atomic E-state index is 10.2. The third-order valence-corrected chi connectivity index (χ3v) is 3.97. The first-order valence-electron chi connectivity index (χ1n) is 6.00. The lowest BCUT2D eigenvalue weighted by Crippen LogP contribution is -2.46. The molecule has 0 aromatic carbocycles. The summed E-state index contributed by atoms with van der Waals surface area (Å²) in [6, 6.07) is 0. The van der Waals surface area contributed by atoms with Crippen LogP contribution in [-0.2, 0) is 4.74 Å². The van der Waals surface area contributed by atoms with Crippen molar-refractivity contribution in [3.05, 3.63) is 0 Å². The zero-order chi connectivity index (χ0) is 10.0. The van der Waals surface area contributed by atoms with Crippen molar-refractivity contribution in [3.8, 4) is 0 Å². The van der Waals surface area contributed by atoms with Gasteiger partial charge in [0.2, 0.25) is 0 Å². The predicted octanol–water partition coefficient (Wildman–Crippen LogP) is 2.50. The molecule has 2 saturated carbocycles. The van der Waals surface area contributed by atoms with E-state index < -0.39 is 0 Å². The van der Waals surface area contributed by atoms with E-state index in [0.717, 1.165) is 25.2 Å². The Morgan fingerprint density at radius 1 is 1.29 bits per heavy atom. The molecule has 0 amide bonds. The van der Waals surface area contributed by atoms with Crippen LogP contribution < -0.4 is 0 Å². The highest BCUT2D eigenvalue weighted by molar-refractivity contribution is 4.93. The van der Waals surface area contributed by atoms with Gasteiger partial charge in [-0.05, 0) is 25.2 Å². The molecule has 0 spiro atoms. The third kappa shape index (κ3) is 2.12. The molecule has 0 radical (unpaired) electrons. The Balaban J connectivity index is 1.93. The Morgan fingerprint density at radius 3 is 2.43 bits per heavy atom. The summed E-state index contributed by atoms with van der Waals surface area (Å²) < 4.78 is 5.62. The van der Waals surface area contributed by atoms with Gasteiger partial charge in [0.25, 0.3) is 0 Å². The minimum Gasteiger partial charge on any atom is -0.390 e. The molecule has 2 rings (SSSR count). The van der Waals surface area contributed by atoms with Gasteiger partial charge in [-0.1, -0.05) is 32.1 Å². The van der Waals surface area contributed by atoms with E-state index in [0.29, 0.717) is 0 Å². The number of rotatable bonds is 4. The molecular weight excluding hydrogens is 176 g/mol. The number of ether oxygens (including phenoxy) is 1. The minimum atomic E-state index is -0.222. The van der Waals surface area contributed by atoms with Crippen LogP contribution in [0, 0.1) is 5.92 Å². The van der Waals surface area contributed by atoms with Crippen molar-refractivity contribution in [1.29, 1.82) is 0 Å². The molecule has 0 aromatic rings. The molecule has 2 aliphatic carbocycles. The van der Waals surface area contributed by atoms with E-state index in [1.807, 2.05) is 0 Å². The first kappa shape index (κ1) is 10.4. The molecule has 0 aromatic heterocycles. The van der Waals surface area contributed by atoms with E-state index in [1.54, 1.807) is 7.11 Å². The molecule has 0 aliphatic heterocycles. The molecule has 14 heavy (non-hydrogen) atoms. The minimum absolute atomic E-state index is 0.194. The van der Waals surface area contributed by atoms with Crippen LogP contribution in [-0.4, -0.2) is 23.9 Å². The van der Waals surface area contributed by atoms with Crippen LogP contribution in [0.1, 0.15) is 51.4 Å². The van der Waals surface area contributed by atoms with E-state index in [-0.39, 0.29) is 11.7 Å². The van der Waals surface area contributed by atoms with Crippen molar-refractivity contribution in [3.63, 3.8) is 0 Å². The zero-order valence-electron chi connectivity index (χ0n) is 9.17. The number of methoxy groups -OCH3 is 1. The fourth-order valence-electron chi connectivity index (χ4n) is 2.71. The van der Waals surface area contributed by atoms with Crippen molar-refractivity contribution in [2.75, 3.05) is 7.11 Å². The van der Waals surface area contributed by atoms with Crippen molar-refractivity contribution < 1.29 is 9.84 Å². The highest BCUT2D eigenvalue weighted by Crippen LogP contribution is 2.41.